The molecule has 0 amide bonds. The summed E-state index contributed by atoms with van der Waals surface area (Å²) in [6.45, 7) is 10.9. The summed E-state index contributed by atoms with van der Waals surface area (Å²) in [6, 6.07) is 8.30. The lowest BCUT2D eigenvalue weighted by atomic mass is 9.72. The lowest BCUT2D eigenvalue weighted by Gasteiger charge is -2.53. The normalized spacial score (nSPS) is 21.3. The number of benzene rings is 1. The molecule has 0 atom stereocenters. The summed E-state index contributed by atoms with van der Waals surface area (Å²) in [4.78, 5) is 31.3. The number of nitrogens with one attached hydrogen (secondary N) is 1. The lowest BCUT2D eigenvalue weighted by Crippen LogP contribution is -2.60. The highest BCUT2D eigenvalue weighted by molar-refractivity contribution is 6.20. The average Bonchev–Trinajstić information content (AvgIpc) is 3.23. The number of aromatic amines is 1. The Morgan fingerprint density at radius 2 is 1.91 bits per heavy atom. The maximum atomic E-state index is 13.7. The number of rotatable bonds is 4. The van der Waals surface area contributed by atoms with Crippen LogP contribution in [-0.2, 0) is 5.41 Å². The van der Waals surface area contributed by atoms with Gasteiger partial charge in [-0.25, -0.2) is 4.98 Å². The van der Waals surface area contributed by atoms with E-state index in [1.807, 2.05) is 24.5 Å². The Bertz CT molecular complexity index is 1330. The highest BCUT2D eigenvalue weighted by Gasteiger charge is 2.43. The van der Waals surface area contributed by atoms with Gasteiger partial charge in [0.2, 0.25) is 0 Å². The summed E-state index contributed by atoms with van der Waals surface area (Å²) in [5.74, 6) is 1.06. The number of anilines is 1. The van der Waals surface area contributed by atoms with Gasteiger partial charge in [-0.2, -0.15) is 0 Å². The first-order chi connectivity index (χ1) is 16.9. The van der Waals surface area contributed by atoms with E-state index in [4.69, 9.17) is 4.98 Å². The van der Waals surface area contributed by atoms with Crippen LogP contribution in [0.2, 0.25) is 0 Å². The zero-order valence-electron chi connectivity index (χ0n) is 21.3. The fourth-order valence-corrected chi connectivity index (χ4v) is 6.62. The first-order valence-electron chi connectivity index (χ1n) is 13.0. The summed E-state index contributed by atoms with van der Waals surface area (Å²) in [5, 5.41) is 0.970. The van der Waals surface area contributed by atoms with E-state index >= 15 is 0 Å². The topological polar surface area (TPSA) is 64.6 Å². The van der Waals surface area contributed by atoms with Crippen molar-refractivity contribution in [2.45, 2.75) is 57.4 Å². The molecule has 182 valence electrons. The molecule has 35 heavy (non-hydrogen) atoms. The highest BCUT2D eigenvalue weighted by Crippen LogP contribution is 2.45. The van der Waals surface area contributed by atoms with Crippen molar-refractivity contribution in [2.75, 3.05) is 38.1 Å². The average molecular weight is 470 g/mol. The molecule has 6 rings (SSSR count). The van der Waals surface area contributed by atoms with E-state index in [0.29, 0.717) is 5.54 Å². The summed E-state index contributed by atoms with van der Waals surface area (Å²) in [6.07, 6.45) is 8.96. The molecule has 0 spiro atoms. The molecule has 2 aliphatic carbocycles. The molecular formula is C29H35N5O. The molecule has 1 aromatic carbocycles. The van der Waals surface area contributed by atoms with Crippen LogP contribution in [-0.4, -0.2) is 65.6 Å². The second-order valence-corrected chi connectivity index (χ2v) is 11.0. The molecule has 0 bridgehead atoms. The van der Waals surface area contributed by atoms with Crippen molar-refractivity contribution in [3.8, 4) is 0 Å². The van der Waals surface area contributed by atoms with E-state index in [1.165, 1.54) is 25.7 Å². The van der Waals surface area contributed by atoms with Crippen molar-refractivity contribution < 1.29 is 4.79 Å². The van der Waals surface area contributed by atoms with Gasteiger partial charge in [-0.3, -0.25) is 14.7 Å². The molecule has 3 heterocycles. The van der Waals surface area contributed by atoms with Crippen molar-refractivity contribution in [1.29, 1.82) is 0 Å². The monoisotopic (exact) mass is 469 g/mol. The summed E-state index contributed by atoms with van der Waals surface area (Å²) >= 11 is 0. The quantitative estimate of drug-likeness (QED) is 0.550. The highest BCUT2D eigenvalue weighted by atomic mass is 16.1. The van der Waals surface area contributed by atoms with Gasteiger partial charge in [0.1, 0.15) is 5.82 Å². The SMILES string of the molecule is CCC1(N2CCN(c3cc4c(cn3)C(=O)c3c([nH]c5cc(/C=N/C)ccc35)C4(C)C)CC2)CCC1. The minimum atomic E-state index is -0.325. The molecule has 3 aliphatic rings. The van der Waals surface area contributed by atoms with Crippen LogP contribution in [0.4, 0.5) is 5.82 Å². The number of carbonyl (C=O) groups is 1. The number of fused-ring (bicyclic) bond motifs is 4. The van der Waals surface area contributed by atoms with Crippen molar-refractivity contribution >= 4 is 28.7 Å². The van der Waals surface area contributed by atoms with Crippen LogP contribution in [0.15, 0.2) is 35.5 Å². The zero-order valence-corrected chi connectivity index (χ0v) is 21.3. The summed E-state index contributed by atoms with van der Waals surface area (Å²) in [7, 11) is 1.77. The van der Waals surface area contributed by atoms with Gasteiger partial charge in [0.15, 0.2) is 5.78 Å². The molecule has 1 saturated heterocycles. The van der Waals surface area contributed by atoms with Gasteiger partial charge < -0.3 is 9.88 Å². The molecule has 6 heteroatoms. The third-order valence-corrected chi connectivity index (χ3v) is 8.98. The number of aliphatic imine (C=N–C) groups is 1. The van der Waals surface area contributed by atoms with Crippen LogP contribution >= 0.6 is 0 Å². The number of carbonyl (C=O) groups excluding carboxylic acids is 1. The van der Waals surface area contributed by atoms with Crippen LogP contribution in [0.25, 0.3) is 10.9 Å². The Morgan fingerprint density at radius 1 is 1.14 bits per heavy atom. The smallest absolute Gasteiger partial charge is 0.197 e. The third-order valence-electron chi connectivity index (χ3n) is 8.98. The molecule has 2 fully saturated rings. The Labute approximate surface area is 207 Å². The summed E-state index contributed by atoms with van der Waals surface area (Å²) < 4.78 is 0. The molecule has 6 nitrogen and oxygen atoms in total. The molecule has 2 aromatic heterocycles. The summed E-state index contributed by atoms with van der Waals surface area (Å²) in [5.41, 5.74) is 5.69. The largest absolute Gasteiger partial charge is 0.357 e. The fourth-order valence-electron chi connectivity index (χ4n) is 6.62. The number of pyridine rings is 1. The number of piperazine rings is 1. The number of hydrogen-bond donors (Lipinski definition) is 1. The second kappa shape index (κ2) is 8.02. The molecule has 1 saturated carbocycles. The second-order valence-electron chi connectivity index (χ2n) is 11.0. The van der Waals surface area contributed by atoms with Crippen LogP contribution in [0, 0.1) is 0 Å². The van der Waals surface area contributed by atoms with E-state index in [0.717, 1.165) is 70.8 Å². The Morgan fingerprint density at radius 3 is 2.57 bits per heavy atom. The van der Waals surface area contributed by atoms with Gasteiger partial charge in [-0.05, 0) is 48.9 Å². The van der Waals surface area contributed by atoms with E-state index in [1.54, 1.807) is 7.05 Å². The van der Waals surface area contributed by atoms with Crippen LogP contribution in [0.1, 0.15) is 79.2 Å². The van der Waals surface area contributed by atoms with Gasteiger partial charge >= 0.3 is 0 Å². The number of ketones is 1. The van der Waals surface area contributed by atoms with E-state index in [2.05, 4.69) is 52.7 Å². The predicted molar refractivity (Wildman–Crippen MR) is 142 cm³/mol. The number of H-pyrrole nitrogens is 1. The van der Waals surface area contributed by atoms with Gasteiger partial charge in [-0.1, -0.05) is 32.9 Å². The van der Waals surface area contributed by atoms with Crippen LogP contribution in [0.5, 0.6) is 0 Å². The van der Waals surface area contributed by atoms with Crippen LogP contribution in [0.3, 0.4) is 0 Å². The Balaban J connectivity index is 1.33. The maximum absolute atomic E-state index is 13.7. The van der Waals surface area contributed by atoms with Gasteiger partial charge in [0, 0.05) is 78.8 Å². The van der Waals surface area contributed by atoms with E-state index in [-0.39, 0.29) is 11.2 Å². The van der Waals surface area contributed by atoms with E-state index in [9.17, 15) is 4.79 Å². The molecule has 0 radical (unpaired) electrons. The molecule has 0 unspecified atom stereocenters. The number of hydrogen-bond acceptors (Lipinski definition) is 5. The van der Waals surface area contributed by atoms with Gasteiger partial charge in [-0.15, -0.1) is 0 Å². The third kappa shape index (κ3) is 3.29. The zero-order chi connectivity index (χ0) is 24.4. The van der Waals surface area contributed by atoms with Crippen molar-refractivity contribution in [1.82, 2.24) is 14.9 Å². The number of nitrogens with zero attached hydrogens (tertiary/aromatic N) is 4. The number of aromatic nitrogens is 2. The molecule has 3 aromatic rings. The Kier molecular flexibility index (Phi) is 5.15. The first kappa shape index (κ1) is 22.5. The van der Waals surface area contributed by atoms with Crippen molar-refractivity contribution in [3.63, 3.8) is 0 Å². The van der Waals surface area contributed by atoms with Crippen molar-refractivity contribution in [3.05, 3.63) is 58.4 Å². The first-order valence-corrected chi connectivity index (χ1v) is 13.0. The fraction of sp³-hybridized carbons (Fsp3) is 0.483. The lowest BCUT2D eigenvalue weighted by molar-refractivity contribution is 0.00826. The predicted octanol–water partition coefficient (Wildman–Crippen LogP) is 4.94. The maximum Gasteiger partial charge on any atom is 0.197 e. The standard InChI is InChI=1S/C29H35N5O/c1-5-29(9-6-10-29)34-13-11-33(12-14-34)24-16-22-21(18-31-24)26(35)25-20-8-7-19(17-30-4)15-23(20)32-27(25)28(22,2)3/h7-8,15-18,32H,5-6,9-14H2,1-4H3/b30-17+. The minimum absolute atomic E-state index is 0.0659. The van der Waals surface area contributed by atoms with E-state index < -0.39 is 0 Å². The minimum Gasteiger partial charge on any atom is -0.357 e. The van der Waals surface area contributed by atoms with Gasteiger partial charge in [0.25, 0.3) is 0 Å². The molecular weight excluding hydrogens is 434 g/mol. The van der Waals surface area contributed by atoms with Crippen molar-refractivity contribution in [2.24, 2.45) is 4.99 Å². The Hall–Kier alpha value is -2.99. The molecule has 1 aliphatic heterocycles. The van der Waals surface area contributed by atoms with Gasteiger partial charge in [0.05, 0.1) is 5.56 Å². The van der Waals surface area contributed by atoms with Crippen LogP contribution < -0.4 is 4.90 Å². The molecule has 1 N–H and O–H groups in total.